The number of nitrogens with two attached hydrogens (primary N) is 1. The first-order chi connectivity index (χ1) is 14.2. The Kier molecular flexibility index (Phi) is 6.26. The highest BCUT2D eigenvalue weighted by molar-refractivity contribution is 5.74. The van der Waals surface area contributed by atoms with Gasteiger partial charge in [-0.05, 0) is 49.7 Å². The molecule has 0 amide bonds. The molecule has 4 rings (SSSR count). The Morgan fingerprint density at radius 2 is 2.03 bits per heavy atom. The third-order valence-corrected chi connectivity index (χ3v) is 5.34. The van der Waals surface area contributed by atoms with Crippen molar-refractivity contribution in [1.29, 1.82) is 0 Å². The van der Waals surface area contributed by atoms with E-state index in [4.69, 9.17) is 15.5 Å². The molecule has 1 saturated heterocycles. The monoisotopic (exact) mass is 388 g/mol. The molecule has 2 aromatic carbocycles. The summed E-state index contributed by atoms with van der Waals surface area (Å²) in [4.78, 5) is 10.6. The van der Waals surface area contributed by atoms with Gasteiger partial charge < -0.3 is 20.4 Å². The van der Waals surface area contributed by atoms with Gasteiger partial charge in [-0.2, -0.15) is 0 Å². The molecule has 3 N–H and O–H groups in total. The second-order valence-corrected chi connectivity index (χ2v) is 7.62. The van der Waals surface area contributed by atoms with Crippen LogP contribution in [0, 0.1) is 11.8 Å². The summed E-state index contributed by atoms with van der Waals surface area (Å²) in [6, 6.07) is 16.4. The Balaban J connectivity index is 1.66. The van der Waals surface area contributed by atoms with Crippen LogP contribution in [0.4, 0.5) is 0 Å². The molecule has 3 aromatic rings. The molecule has 29 heavy (non-hydrogen) atoms. The number of nitrogens with zero attached hydrogens (tertiary/aromatic N) is 2. The van der Waals surface area contributed by atoms with Crippen LogP contribution in [0.2, 0.25) is 0 Å². The predicted molar refractivity (Wildman–Crippen MR) is 117 cm³/mol. The van der Waals surface area contributed by atoms with Crippen LogP contribution in [-0.2, 0) is 4.74 Å². The fraction of sp³-hybridized carbons (Fsp3) is 0.375. The van der Waals surface area contributed by atoms with Crippen molar-refractivity contribution in [2.24, 2.45) is 5.73 Å². The summed E-state index contributed by atoms with van der Waals surface area (Å²) in [6.07, 6.45) is 2.74. The third-order valence-electron chi connectivity index (χ3n) is 5.34. The zero-order valence-electron chi connectivity index (χ0n) is 16.9. The van der Waals surface area contributed by atoms with Gasteiger partial charge in [0.05, 0.1) is 17.1 Å². The van der Waals surface area contributed by atoms with Crippen LogP contribution in [0.1, 0.15) is 42.3 Å². The van der Waals surface area contributed by atoms with Gasteiger partial charge in [0.25, 0.3) is 0 Å². The van der Waals surface area contributed by atoms with Crippen molar-refractivity contribution in [2.45, 2.75) is 31.5 Å². The van der Waals surface area contributed by atoms with E-state index < -0.39 is 0 Å². The number of rotatable bonds is 5. The summed E-state index contributed by atoms with van der Waals surface area (Å²) < 4.78 is 6.63. The van der Waals surface area contributed by atoms with Gasteiger partial charge in [-0.15, -0.1) is 0 Å². The molecular weight excluding hydrogens is 360 g/mol. The number of ether oxygens (including phenoxy) is 1. The molecule has 1 atom stereocenters. The minimum absolute atomic E-state index is 0.219. The number of hydrogen-bond donors (Lipinski definition) is 2. The fourth-order valence-electron chi connectivity index (χ4n) is 3.73. The first kappa shape index (κ1) is 19.7. The van der Waals surface area contributed by atoms with Crippen LogP contribution in [-0.4, -0.2) is 47.7 Å². The van der Waals surface area contributed by atoms with E-state index in [9.17, 15) is 0 Å². The van der Waals surface area contributed by atoms with Crippen molar-refractivity contribution in [3.8, 4) is 11.8 Å². The molecule has 0 bridgehead atoms. The lowest BCUT2D eigenvalue weighted by Gasteiger charge is -2.31. The van der Waals surface area contributed by atoms with Crippen LogP contribution < -0.4 is 5.73 Å². The lowest BCUT2D eigenvalue weighted by atomic mass is 10.0. The van der Waals surface area contributed by atoms with Gasteiger partial charge >= 0.3 is 0 Å². The summed E-state index contributed by atoms with van der Waals surface area (Å²) in [6.45, 7) is 2.69. The predicted octanol–water partition coefficient (Wildman–Crippen LogP) is 3.46. The molecule has 150 valence electrons. The minimum Gasteiger partial charge on any atom is -0.362 e. The number of fused-ring (bicyclic) bond motifs is 1. The third kappa shape index (κ3) is 4.86. The van der Waals surface area contributed by atoms with Gasteiger partial charge in [0.2, 0.25) is 0 Å². The number of H-pyrrole nitrogens is 1. The molecule has 1 unspecified atom stereocenters. The Morgan fingerprint density at radius 3 is 2.83 bits per heavy atom. The molecule has 0 aliphatic carbocycles. The number of benzene rings is 2. The Labute approximate surface area is 172 Å². The van der Waals surface area contributed by atoms with Crippen molar-refractivity contribution in [1.82, 2.24) is 14.9 Å². The summed E-state index contributed by atoms with van der Waals surface area (Å²) in [5.74, 6) is 7.17. The van der Waals surface area contributed by atoms with Crippen molar-refractivity contribution in [3.05, 3.63) is 65.5 Å². The molecule has 0 radical (unpaired) electrons. The van der Waals surface area contributed by atoms with E-state index in [1.165, 1.54) is 0 Å². The van der Waals surface area contributed by atoms with Gasteiger partial charge in [0.15, 0.2) is 0 Å². The molecule has 5 heteroatoms. The average molecular weight is 389 g/mol. The van der Waals surface area contributed by atoms with E-state index in [0.717, 1.165) is 53.9 Å². The molecule has 5 nitrogen and oxygen atoms in total. The first-order valence-corrected chi connectivity index (χ1v) is 10.3. The maximum absolute atomic E-state index is 6.63. The van der Waals surface area contributed by atoms with Crippen LogP contribution in [0.25, 0.3) is 11.0 Å². The molecule has 2 heterocycles. The fourth-order valence-corrected chi connectivity index (χ4v) is 3.73. The Bertz CT molecular complexity index is 975. The summed E-state index contributed by atoms with van der Waals surface area (Å²) in [5.41, 5.74) is 9.59. The molecule has 0 spiro atoms. The molecule has 1 aromatic heterocycles. The van der Waals surface area contributed by atoms with E-state index in [1.807, 2.05) is 36.4 Å². The second-order valence-electron chi connectivity index (χ2n) is 7.62. The minimum atomic E-state index is -0.243. The summed E-state index contributed by atoms with van der Waals surface area (Å²) in [7, 11) is 2.16. The number of aromatic nitrogens is 2. The summed E-state index contributed by atoms with van der Waals surface area (Å²) in [5, 5.41) is 0. The molecule has 1 fully saturated rings. The lowest BCUT2D eigenvalue weighted by Crippen LogP contribution is -2.35. The second kappa shape index (κ2) is 9.23. The Hall–Kier alpha value is -2.65. The number of piperidine rings is 1. The van der Waals surface area contributed by atoms with E-state index in [1.54, 1.807) is 0 Å². The molecule has 1 aliphatic heterocycles. The molecule has 0 saturated carbocycles. The van der Waals surface area contributed by atoms with E-state index in [0.29, 0.717) is 13.0 Å². The number of aromatic amines is 1. The zero-order chi connectivity index (χ0) is 20.1. The Morgan fingerprint density at radius 1 is 1.21 bits per heavy atom. The first-order valence-electron chi connectivity index (χ1n) is 10.3. The van der Waals surface area contributed by atoms with Crippen molar-refractivity contribution >= 4 is 11.0 Å². The van der Waals surface area contributed by atoms with Crippen molar-refractivity contribution in [2.75, 3.05) is 26.7 Å². The van der Waals surface area contributed by atoms with Crippen LogP contribution in [0.5, 0.6) is 0 Å². The van der Waals surface area contributed by atoms with E-state index >= 15 is 0 Å². The zero-order valence-corrected chi connectivity index (χ0v) is 16.9. The number of hydrogen-bond acceptors (Lipinski definition) is 4. The van der Waals surface area contributed by atoms with Crippen LogP contribution in [0.15, 0.2) is 48.5 Å². The van der Waals surface area contributed by atoms with Gasteiger partial charge in [-0.1, -0.05) is 36.1 Å². The topological polar surface area (TPSA) is 67.2 Å². The number of likely N-dealkylation sites (tertiary alicyclic amines) is 1. The van der Waals surface area contributed by atoms with Crippen LogP contribution in [0.3, 0.4) is 0 Å². The van der Waals surface area contributed by atoms with Crippen molar-refractivity contribution < 1.29 is 4.74 Å². The molecular formula is C24H28N4O. The highest BCUT2D eigenvalue weighted by atomic mass is 16.5. The number of nitrogens with one attached hydrogen (secondary N) is 1. The van der Waals surface area contributed by atoms with Gasteiger partial charge in [-0.25, -0.2) is 4.98 Å². The van der Waals surface area contributed by atoms with Gasteiger partial charge in [0.1, 0.15) is 11.9 Å². The van der Waals surface area contributed by atoms with Gasteiger partial charge in [0, 0.05) is 31.6 Å². The average Bonchev–Trinajstić information content (AvgIpc) is 3.17. The highest BCUT2D eigenvalue weighted by Crippen LogP contribution is 2.30. The standard InChI is InChI=1S/C24H28N4O/c1-28-15-12-20(13-16-28)29-23(24-26-21-10-2-3-11-22(21)27-24)19-9-6-8-18(17-19)7-4-5-14-25/h2-3,6,8-11,17,20,23H,5,12-16,25H2,1H3,(H,26,27). The lowest BCUT2D eigenvalue weighted by molar-refractivity contribution is -0.0264. The largest absolute Gasteiger partial charge is 0.362 e. The van der Waals surface area contributed by atoms with Crippen molar-refractivity contribution in [3.63, 3.8) is 0 Å². The van der Waals surface area contributed by atoms with Crippen LogP contribution >= 0.6 is 0 Å². The SMILES string of the molecule is CN1CCC(OC(c2cccc(C#CCCN)c2)c2nc3ccccc3[nH]2)CC1. The summed E-state index contributed by atoms with van der Waals surface area (Å²) >= 11 is 0. The van der Waals surface area contributed by atoms with Gasteiger partial charge in [-0.3, -0.25) is 0 Å². The van der Waals surface area contributed by atoms with E-state index in [-0.39, 0.29) is 12.2 Å². The maximum Gasteiger partial charge on any atom is 0.141 e. The quantitative estimate of drug-likeness (QED) is 0.657. The highest BCUT2D eigenvalue weighted by Gasteiger charge is 2.26. The molecule has 1 aliphatic rings. The maximum atomic E-state index is 6.63. The number of imidazole rings is 1. The normalized spacial score (nSPS) is 16.5. The number of para-hydroxylation sites is 2. The van der Waals surface area contributed by atoms with E-state index in [2.05, 4.69) is 40.9 Å². The smallest absolute Gasteiger partial charge is 0.141 e.